The van der Waals surface area contributed by atoms with Crippen LogP contribution in [0.2, 0.25) is 0 Å². The molecule has 4 heteroatoms. The maximum absolute atomic E-state index is 12.6. The van der Waals surface area contributed by atoms with Crippen LogP contribution < -0.4 is 5.32 Å². The van der Waals surface area contributed by atoms with Gasteiger partial charge in [0.15, 0.2) is 0 Å². The average Bonchev–Trinajstić information content (AvgIpc) is 2.38. The molecule has 0 aliphatic carbocycles. The molecule has 110 valence electrons. The van der Waals surface area contributed by atoms with Crippen LogP contribution in [0.4, 0.5) is 0 Å². The summed E-state index contributed by atoms with van der Waals surface area (Å²) in [5.41, 5.74) is 0. The zero-order valence-electron chi connectivity index (χ0n) is 12.7. The summed E-state index contributed by atoms with van der Waals surface area (Å²) < 4.78 is 0. The second-order valence-corrected chi connectivity index (χ2v) is 6.28. The van der Waals surface area contributed by atoms with Crippen molar-refractivity contribution in [3.05, 3.63) is 0 Å². The summed E-state index contributed by atoms with van der Waals surface area (Å²) >= 11 is 0. The molecule has 2 heterocycles. The summed E-state index contributed by atoms with van der Waals surface area (Å²) in [5.74, 6) is 0.939. The van der Waals surface area contributed by atoms with Gasteiger partial charge in [-0.15, -0.1) is 0 Å². The molecule has 2 saturated heterocycles. The second-order valence-electron chi connectivity index (χ2n) is 6.28. The Labute approximate surface area is 117 Å². The average molecular weight is 267 g/mol. The lowest BCUT2D eigenvalue weighted by atomic mass is 9.90. The molecule has 1 N–H and O–H groups in total. The van der Waals surface area contributed by atoms with E-state index in [0.717, 1.165) is 51.9 Å². The van der Waals surface area contributed by atoms with E-state index >= 15 is 0 Å². The number of nitrogens with zero attached hydrogens (tertiary/aromatic N) is 2. The molecule has 4 nitrogen and oxygen atoms in total. The van der Waals surface area contributed by atoms with Gasteiger partial charge in [-0.3, -0.25) is 4.79 Å². The topological polar surface area (TPSA) is 35.6 Å². The fourth-order valence-corrected chi connectivity index (χ4v) is 3.54. The van der Waals surface area contributed by atoms with E-state index in [1.54, 1.807) is 0 Å². The molecular formula is C15H29N3O. The quantitative estimate of drug-likeness (QED) is 0.834. The Balaban J connectivity index is 1.97. The first-order valence-electron chi connectivity index (χ1n) is 7.86. The highest BCUT2D eigenvalue weighted by molar-refractivity contribution is 5.83. The van der Waals surface area contributed by atoms with Crippen molar-refractivity contribution in [3.63, 3.8) is 0 Å². The lowest BCUT2D eigenvalue weighted by Crippen LogP contribution is -2.58. The molecular weight excluding hydrogens is 238 g/mol. The standard InChI is InChI=1S/C15H29N3O/c1-4-8-16-13-6-5-9-18(15(13)19)14-7-10-17(3)11-12(14)2/h12-14,16H,4-11H2,1-3H3. The maximum Gasteiger partial charge on any atom is 0.239 e. The Kier molecular flexibility index (Phi) is 5.22. The van der Waals surface area contributed by atoms with Crippen molar-refractivity contribution in [1.29, 1.82) is 0 Å². The summed E-state index contributed by atoms with van der Waals surface area (Å²) in [7, 11) is 2.18. The van der Waals surface area contributed by atoms with Crippen LogP contribution in [0.15, 0.2) is 0 Å². The molecule has 0 aromatic rings. The first-order chi connectivity index (χ1) is 9.13. The Bertz CT molecular complexity index is 308. The minimum Gasteiger partial charge on any atom is -0.338 e. The van der Waals surface area contributed by atoms with Crippen LogP contribution in [0.5, 0.6) is 0 Å². The van der Waals surface area contributed by atoms with Crippen molar-refractivity contribution in [1.82, 2.24) is 15.1 Å². The van der Waals surface area contributed by atoms with Gasteiger partial charge >= 0.3 is 0 Å². The number of nitrogens with one attached hydrogen (secondary N) is 1. The molecule has 0 aromatic carbocycles. The van der Waals surface area contributed by atoms with Gasteiger partial charge in [-0.2, -0.15) is 0 Å². The first kappa shape index (κ1) is 14.8. The highest BCUT2D eigenvalue weighted by atomic mass is 16.2. The van der Waals surface area contributed by atoms with Crippen LogP contribution in [0.25, 0.3) is 0 Å². The molecule has 0 radical (unpaired) electrons. The van der Waals surface area contributed by atoms with Gasteiger partial charge in [0.2, 0.25) is 5.91 Å². The van der Waals surface area contributed by atoms with Crippen molar-refractivity contribution < 1.29 is 4.79 Å². The Hall–Kier alpha value is -0.610. The highest BCUT2D eigenvalue weighted by Gasteiger charge is 2.36. The maximum atomic E-state index is 12.6. The van der Waals surface area contributed by atoms with E-state index in [-0.39, 0.29) is 6.04 Å². The predicted octanol–water partition coefficient (Wildman–Crippen LogP) is 1.32. The molecule has 0 aromatic heterocycles. The monoisotopic (exact) mass is 267 g/mol. The van der Waals surface area contributed by atoms with Gasteiger partial charge in [0, 0.05) is 19.1 Å². The van der Waals surface area contributed by atoms with Gasteiger partial charge in [-0.1, -0.05) is 13.8 Å². The van der Waals surface area contributed by atoms with Crippen LogP contribution in [0.3, 0.4) is 0 Å². The van der Waals surface area contributed by atoms with Crippen molar-refractivity contribution in [2.75, 3.05) is 33.2 Å². The Morgan fingerprint density at radius 2 is 2.11 bits per heavy atom. The van der Waals surface area contributed by atoms with Gasteiger partial charge in [-0.05, 0) is 51.7 Å². The van der Waals surface area contributed by atoms with E-state index in [1.165, 1.54) is 0 Å². The van der Waals surface area contributed by atoms with Gasteiger partial charge in [0.05, 0.1) is 6.04 Å². The lowest BCUT2D eigenvalue weighted by molar-refractivity contribution is -0.141. The summed E-state index contributed by atoms with van der Waals surface area (Å²) in [6.45, 7) is 8.58. The molecule has 1 amide bonds. The van der Waals surface area contributed by atoms with Crippen LogP contribution in [0, 0.1) is 5.92 Å². The van der Waals surface area contributed by atoms with Crippen molar-refractivity contribution in [3.8, 4) is 0 Å². The van der Waals surface area contributed by atoms with Crippen LogP contribution in [-0.2, 0) is 4.79 Å². The first-order valence-corrected chi connectivity index (χ1v) is 7.86. The highest BCUT2D eigenvalue weighted by Crippen LogP contribution is 2.25. The number of carbonyl (C=O) groups excluding carboxylic acids is 1. The molecule has 2 fully saturated rings. The fourth-order valence-electron chi connectivity index (χ4n) is 3.54. The van der Waals surface area contributed by atoms with Crippen molar-refractivity contribution >= 4 is 5.91 Å². The normalized spacial score (nSPS) is 33.7. The van der Waals surface area contributed by atoms with Crippen LogP contribution >= 0.6 is 0 Å². The van der Waals surface area contributed by atoms with E-state index in [0.29, 0.717) is 17.9 Å². The lowest BCUT2D eigenvalue weighted by Gasteiger charge is -2.44. The number of amides is 1. The molecule has 2 rings (SSSR count). The number of carbonyl (C=O) groups is 1. The molecule has 0 saturated carbocycles. The molecule has 0 bridgehead atoms. The second kappa shape index (κ2) is 6.71. The zero-order valence-corrected chi connectivity index (χ0v) is 12.7. The smallest absolute Gasteiger partial charge is 0.239 e. The molecule has 2 aliphatic rings. The van der Waals surface area contributed by atoms with E-state index in [2.05, 4.69) is 36.0 Å². The van der Waals surface area contributed by atoms with Crippen LogP contribution in [0.1, 0.15) is 39.5 Å². The van der Waals surface area contributed by atoms with Crippen molar-refractivity contribution in [2.24, 2.45) is 5.92 Å². The number of piperidine rings is 2. The summed E-state index contributed by atoms with van der Waals surface area (Å²) in [4.78, 5) is 17.2. The molecule has 3 unspecified atom stereocenters. The number of hydrogen-bond donors (Lipinski definition) is 1. The molecule has 0 spiro atoms. The SMILES string of the molecule is CCCNC1CCCN(C2CCN(C)CC2C)C1=O. The fraction of sp³-hybridized carbons (Fsp3) is 0.933. The number of hydrogen-bond acceptors (Lipinski definition) is 3. The third kappa shape index (κ3) is 3.48. The predicted molar refractivity (Wildman–Crippen MR) is 78.1 cm³/mol. The zero-order chi connectivity index (χ0) is 13.8. The third-order valence-electron chi connectivity index (χ3n) is 4.58. The van der Waals surface area contributed by atoms with E-state index in [4.69, 9.17) is 0 Å². The third-order valence-corrected chi connectivity index (χ3v) is 4.58. The Morgan fingerprint density at radius 3 is 2.79 bits per heavy atom. The van der Waals surface area contributed by atoms with Crippen LogP contribution in [-0.4, -0.2) is 61.0 Å². The van der Waals surface area contributed by atoms with E-state index in [9.17, 15) is 4.79 Å². The van der Waals surface area contributed by atoms with E-state index < -0.39 is 0 Å². The summed E-state index contributed by atoms with van der Waals surface area (Å²) in [6, 6.07) is 0.524. The minimum atomic E-state index is 0.0700. The van der Waals surface area contributed by atoms with Gasteiger partial charge in [0.25, 0.3) is 0 Å². The molecule has 2 aliphatic heterocycles. The van der Waals surface area contributed by atoms with E-state index in [1.807, 2.05) is 0 Å². The van der Waals surface area contributed by atoms with Crippen molar-refractivity contribution in [2.45, 2.75) is 51.6 Å². The number of rotatable bonds is 4. The summed E-state index contributed by atoms with van der Waals surface area (Å²) in [6.07, 6.45) is 4.38. The van der Waals surface area contributed by atoms with Gasteiger partial charge in [-0.25, -0.2) is 0 Å². The van der Waals surface area contributed by atoms with Gasteiger partial charge < -0.3 is 15.1 Å². The largest absolute Gasteiger partial charge is 0.338 e. The molecule has 3 atom stereocenters. The molecule has 19 heavy (non-hydrogen) atoms. The Morgan fingerprint density at radius 1 is 1.32 bits per heavy atom. The van der Waals surface area contributed by atoms with Gasteiger partial charge in [0.1, 0.15) is 0 Å². The number of likely N-dealkylation sites (tertiary alicyclic amines) is 2. The minimum absolute atomic E-state index is 0.0700. The summed E-state index contributed by atoms with van der Waals surface area (Å²) in [5, 5.41) is 3.41.